The Bertz CT molecular complexity index is 1230. The van der Waals surface area contributed by atoms with Gasteiger partial charge in [0.25, 0.3) is 11.6 Å². The third kappa shape index (κ3) is 3.56. The van der Waals surface area contributed by atoms with Gasteiger partial charge in [-0.25, -0.2) is 9.69 Å². The molecule has 3 amide bonds. The molecule has 4 rings (SSSR count). The van der Waals surface area contributed by atoms with Gasteiger partial charge < -0.3 is 9.73 Å². The first kappa shape index (κ1) is 19.4. The van der Waals surface area contributed by atoms with E-state index in [0.29, 0.717) is 33.4 Å². The third-order valence-electron chi connectivity index (χ3n) is 4.55. The Balaban J connectivity index is 1.62. The first-order valence-electron chi connectivity index (χ1n) is 8.81. The summed E-state index contributed by atoms with van der Waals surface area (Å²) in [5.74, 6) is 0.157. The molecule has 1 aromatic heterocycles. The minimum atomic E-state index is -0.602. The van der Waals surface area contributed by atoms with Crippen molar-refractivity contribution in [1.29, 1.82) is 0 Å². The molecule has 1 aliphatic heterocycles. The number of amides is 3. The normalized spacial score (nSPS) is 15.0. The molecule has 0 radical (unpaired) electrons. The molecular formula is C21H14ClN3O5. The highest BCUT2D eigenvalue weighted by Gasteiger charge is 2.35. The van der Waals surface area contributed by atoms with Gasteiger partial charge in [0.1, 0.15) is 17.2 Å². The van der Waals surface area contributed by atoms with Crippen LogP contribution in [-0.2, 0) is 4.79 Å². The number of nitro groups is 1. The number of aryl methyl sites for hydroxylation is 1. The lowest BCUT2D eigenvalue weighted by atomic mass is 10.1. The predicted molar refractivity (Wildman–Crippen MR) is 111 cm³/mol. The SMILES string of the molecule is Cc1ccc(-c2ccc(/C=C3/NC(=O)N(c4cccc(Cl)c4)C3=O)o2)cc1[N+](=O)[O-]. The lowest BCUT2D eigenvalue weighted by Crippen LogP contribution is -2.30. The van der Waals surface area contributed by atoms with Crippen molar-refractivity contribution in [3.63, 3.8) is 0 Å². The van der Waals surface area contributed by atoms with Crippen LogP contribution in [0.3, 0.4) is 0 Å². The summed E-state index contributed by atoms with van der Waals surface area (Å²) in [6.07, 6.45) is 1.40. The molecule has 2 heterocycles. The molecule has 0 bridgehead atoms. The number of carbonyl (C=O) groups excluding carboxylic acids is 2. The van der Waals surface area contributed by atoms with Crippen LogP contribution in [0.5, 0.6) is 0 Å². The Morgan fingerprint density at radius 1 is 1.13 bits per heavy atom. The molecule has 9 heteroatoms. The Morgan fingerprint density at radius 3 is 2.67 bits per heavy atom. The number of halogens is 1. The predicted octanol–water partition coefficient (Wildman–Crippen LogP) is 4.91. The summed E-state index contributed by atoms with van der Waals surface area (Å²) >= 11 is 5.94. The number of imide groups is 1. The van der Waals surface area contributed by atoms with E-state index in [1.54, 1.807) is 49.4 Å². The van der Waals surface area contributed by atoms with Crippen LogP contribution in [-0.4, -0.2) is 16.9 Å². The number of urea groups is 1. The fourth-order valence-electron chi connectivity index (χ4n) is 3.07. The van der Waals surface area contributed by atoms with E-state index in [2.05, 4.69) is 5.32 Å². The van der Waals surface area contributed by atoms with Crippen LogP contribution in [0, 0.1) is 17.0 Å². The zero-order chi connectivity index (χ0) is 21.4. The lowest BCUT2D eigenvalue weighted by Gasteiger charge is -2.11. The van der Waals surface area contributed by atoms with Crippen LogP contribution < -0.4 is 10.2 Å². The van der Waals surface area contributed by atoms with Crippen molar-refractivity contribution in [1.82, 2.24) is 5.32 Å². The van der Waals surface area contributed by atoms with Gasteiger partial charge in [-0.3, -0.25) is 14.9 Å². The number of nitro benzene ring substituents is 1. The molecule has 1 saturated heterocycles. The van der Waals surface area contributed by atoms with Crippen molar-refractivity contribution >= 4 is 41.0 Å². The van der Waals surface area contributed by atoms with Crippen molar-refractivity contribution in [2.24, 2.45) is 0 Å². The number of hydrogen-bond donors (Lipinski definition) is 1. The standard InChI is InChI=1S/C21H14ClN3O5/c1-12-5-6-13(9-18(12)25(28)29)19-8-7-16(30-19)11-17-20(26)24(21(27)23-17)15-4-2-3-14(22)10-15/h2-11H,1H3,(H,23,27)/b17-11+. The summed E-state index contributed by atoms with van der Waals surface area (Å²) in [6.45, 7) is 1.65. The molecule has 1 fully saturated rings. The molecule has 150 valence electrons. The van der Waals surface area contributed by atoms with Crippen molar-refractivity contribution in [2.75, 3.05) is 4.90 Å². The monoisotopic (exact) mass is 423 g/mol. The van der Waals surface area contributed by atoms with Gasteiger partial charge >= 0.3 is 6.03 Å². The van der Waals surface area contributed by atoms with Gasteiger partial charge in [0.15, 0.2) is 0 Å². The number of anilines is 1. The third-order valence-corrected chi connectivity index (χ3v) is 4.78. The van der Waals surface area contributed by atoms with Crippen molar-refractivity contribution in [2.45, 2.75) is 6.92 Å². The van der Waals surface area contributed by atoms with E-state index in [9.17, 15) is 19.7 Å². The highest BCUT2D eigenvalue weighted by Crippen LogP contribution is 2.30. The van der Waals surface area contributed by atoms with E-state index in [-0.39, 0.29) is 11.4 Å². The van der Waals surface area contributed by atoms with Gasteiger partial charge in [-0.2, -0.15) is 0 Å². The highest BCUT2D eigenvalue weighted by atomic mass is 35.5. The summed E-state index contributed by atoms with van der Waals surface area (Å²) in [5.41, 5.74) is 1.44. The largest absolute Gasteiger partial charge is 0.457 e. The molecule has 1 aliphatic rings. The summed E-state index contributed by atoms with van der Waals surface area (Å²) in [4.78, 5) is 36.6. The Labute approximate surface area is 175 Å². The first-order chi connectivity index (χ1) is 14.3. The smallest absolute Gasteiger partial charge is 0.333 e. The van der Waals surface area contributed by atoms with Crippen LogP contribution in [0.2, 0.25) is 5.02 Å². The van der Waals surface area contributed by atoms with Gasteiger partial charge in [-0.15, -0.1) is 0 Å². The number of nitrogens with one attached hydrogen (secondary N) is 1. The molecule has 1 N–H and O–H groups in total. The summed E-state index contributed by atoms with van der Waals surface area (Å²) in [6, 6.07) is 13.8. The average molecular weight is 424 g/mol. The molecule has 0 spiro atoms. The molecule has 0 unspecified atom stereocenters. The van der Waals surface area contributed by atoms with Gasteiger partial charge in [0.05, 0.1) is 10.6 Å². The van der Waals surface area contributed by atoms with Crippen LogP contribution in [0.1, 0.15) is 11.3 Å². The number of hydrogen-bond acceptors (Lipinski definition) is 5. The fraction of sp³-hybridized carbons (Fsp3) is 0.0476. The molecule has 0 saturated carbocycles. The number of rotatable bonds is 4. The van der Waals surface area contributed by atoms with Gasteiger partial charge in [-0.05, 0) is 37.3 Å². The second-order valence-corrected chi connectivity index (χ2v) is 7.01. The maximum atomic E-state index is 12.7. The molecule has 0 aliphatic carbocycles. The van der Waals surface area contributed by atoms with E-state index in [1.165, 1.54) is 18.2 Å². The topological polar surface area (TPSA) is 106 Å². The minimum absolute atomic E-state index is 0.0146. The van der Waals surface area contributed by atoms with Gasteiger partial charge in [0.2, 0.25) is 0 Å². The Hall–Kier alpha value is -3.91. The summed E-state index contributed by atoms with van der Waals surface area (Å²) in [7, 11) is 0. The second-order valence-electron chi connectivity index (χ2n) is 6.57. The van der Waals surface area contributed by atoms with E-state index in [1.807, 2.05) is 0 Å². The zero-order valence-corrected chi connectivity index (χ0v) is 16.3. The number of carbonyl (C=O) groups is 2. The van der Waals surface area contributed by atoms with E-state index in [4.69, 9.17) is 16.0 Å². The van der Waals surface area contributed by atoms with Crippen LogP contribution in [0.4, 0.5) is 16.2 Å². The van der Waals surface area contributed by atoms with Gasteiger partial charge in [-0.1, -0.05) is 29.8 Å². The molecule has 8 nitrogen and oxygen atoms in total. The molecular weight excluding hydrogens is 410 g/mol. The molecule has 0 atom stereocenters. The quantitative estimate of drug-likeness (QED) is 0.277. The Morgan fingerprint density at radius 2 is 1.93 bits per heavy atom. The maximum Gasteiger partial charge on any atom is 0.333 e. The van der Waals surface area contributed by atoms with Gasteiger partial charge in [0, 0.05) is 28.3 Å². The fourth-order valence-corrected chi connectivity index (χ4v) is 3.26. The van der Waals surface area contributed by atoms with Crippen molar-refractivity contribution < 1.29 is 18.9 Å². The van der Waals surface area contributed by atoms with E-state index >= 15 is 0 Å². The number of furan rings is 1. The molecule has 3 aromatic rings. The van der Waals surface area contributed by atoms with E-state index in [0.717, 1.165) is 4.90 Å². The van der Waals surface area contributed by atoms with Crippen LogP contribution in [0.25, 0.3) is 17.4 Å². The van der Waals surface area contributed by atoms with Crippen molar-refractivity contribution in [3.8, 4) is 11.3 Å². The van der Waals surface area contributed by atoms with Crippen molar-refractivity contribution in [3.05, 3.63) is 86.8 Å². The van der Waals surface area contributed by atoms with Crippen LogP contribution in [0.15, 0.2) is 64.7 Å². The average Bonchev–Trinajstić information content (AvgIpc) is 3.26. The summed E-state index contributed by atoms with van der Waals surface area (Å²) in [5, 5.41) is 14.1. The Kier molecular flexibility index (Phi) is 4.85. The molecule has 30 heavy (non-hydrogen) atoms. The maximum absolute atomic E-state index is 12.7. The number of benzene rings is 2. The first-order valence-corrected chi connectivity index (χ1v) is 9.19. The zero-order valence-electron chi connectivity index (χ0n) is 15.6. The lowest BCUT2D eigenvalue weighted by molar-refractivity contribution is -0.385. The summed E-state index contributed by atoms with van der Waals surface area (Å²) < 4.78 is 5.71. The number of nitrogens with zero attached hydrogens (tertiary/aromatic N) is 2. The molecule has 2 aromatic carbocycles. The van der Waals surface area contributed by atoms with E-state index < -0.39 is 16.9 Å². The highest BCUT2D eigenvalue weighted by molar-refractivity contribution is 6.32. The van der Waals surface area contributed by atoms with Crippen LogP contribution >= 0.6 is 11.6 Å². The minimum Gasteiger partial charge on any atom is -0.457 e. The second kappa shape index (κ2) is 7.49.